The maximum atomic E-state index is 13.4. The molecule has 6 nitrogen and oxygen atoms in total. The number of nitriles is 1. The molecule has 2 aromatic rings. The number of carbonyl (C=O) groups excluding carboxylic acids is 1. The average molecular weight is 513 g/mol. The molecule has 176 valence electrons. The van der Waals surface area contributed by atoms with Gasteiger partial charge in [-0.15, -0.1) is 0 Å². The number of rotatable bonds is 4. The summed E-state index contributed by atoms with van der Waals surface area (Å²) in [5.74, 6) is 0.545. The summed E-state index contributed by atoms with van der Waals surface area (Å²) >= 11 is 13.1. The van der Waals surface area contributed by atoms with E-state index >= 15 is 0 Å². The fourth-order valence-corrected chi connectivity index (χ4v) is 5.87. The van der Waals surface area contributed by atoms with Crippen LogP contribution >= 0.6 is 35.6 Å². The smallest absolute Gasteiger partial charge is 0.270 e. The molecule has 2 aliphatic rings. The molecule has 2 aliphatic heterocycles. The SMILES string of the molecule is Cc1c(/C=C2\SC(=S)N(Cc3ccccc3Cl)C2=O)c(N2CCCCCC2)n(C)c(=O)c1C#N. The van der Waals surface area contributed by atoms with Crippen molar-refractivity contribution in [1.82, 2.24) is 9.47 Å². The van der Waals surface area contributed by atoms with Crippen LogP contribution in [0.15, 0.2) is 34.0 Å². The highest BCUT2D eigenvalue weighted by Crippen LogP contribution is 2.37. The molecule has 2 fully saturated rings. The molecule has 0 bridgehead atoms. The average Bonchev–Trinajstić information content (AvgIpc) is 2.99. The summed E-state index contributed by atoms with van der Waals surface area (Å²) in [4.78, 5) is 30.5. The molecular weight excluding hydrogens is 488 g/mol. The first-order valence-corrected chi connectivity index (χ1v) is 12.8. The Bertz CT molecular complexity index is 1290. The van der Waals surface area contributed by atoms with E-state index < -0.39 is 0 Å². The lowest BCUT2D eigenvalue weighted by molar-refractivity contribution is -0.122. The third kappa shape index (κ3) is 4.65. The molecule has 0 atom stereocenters. The van der Waals surface area contributed by atoms with E-state index in [2.05, 4.69) is 11.0 Å². The first-order chi connectivity index (χ1) is 16.3. The summed E-state index contributed by atoms with van der Waals surface area (Å²) < 4.78 is 2.00. The van der Waals surface area contributed by atoms with Gasteiger partial charge >= 0.3 is 0 Å². The Kier molecular flexibility index (Phi) is 7.46. The Morgan fingerprint density at radius 1 is 1.18 bits per heavy atom. The van der Waals surface area contributed by atoms with Crippen LogP contribution in [0.4, 0.5) is 5.82 Å². The van der Waals surface area contributed by atoms with E-state index in [0.29, 0.717) is 19.8 Å². The number of anilines is 1. The highest BCUT2D eigenvalue weighted by atomic mass is 35.5. The van der Waals surface area contributed by atoms with Crippen LogP contribution in [0, 0.1) is 18.3 Å². The molecule has 0 saturated carbocycles. The van der Waals surface area contributed by atoms with Crippen LogP contribution in [0.3, 0.4) is 0 Å². The van der Waals surface area contributed by atoms with Gasteiger partial charge in [-0.25, -0.2) is 0 Å². The lowest BCUT2D eigenvalue weighted by atomic mass is 10.0. The number of carbonyl (C=O) groups is 1. The molecule has 2 saturated heterocycles. The number of thiocarbonyl (C=S) groups is 1. The standard InChI is InChI=1S/C25H25ClN4O2S2/c1-16-18(22(28(2)23(31)19(16)14-27)29-11-7-3-4-8-12-29)13-21-24(32)30(25(33)34-21)15-17-9-5-6-10-20(17)26/h5-6,9-10,13H,3-4,7-8,11-12,15H2,1-2H3/b21-13-. The Morgan fingerprint density at radius 3 is 2.50 bits per heavy atom. The normalized spacial score (nSPS) is 17.9. The van der Waals surface area contributed by atoms with Gasteiger partial charge in [0.25, 0.3) is 11.5 Å². The summed E-state index contributed by atoms with van der Waals surface area (Å²) in [6, 6.07) is 9.43. The minimum Gasteiger partial charge on any atom is -0.357 e. The number of benzene rings is 1. The Hall–Kier alpha value is -2.60. The Balaban J connectivity index is 1.79. The number of halogens is 1. The highest BCUT2D eigenvalue weighted by molar-refractivity contribution is 8.26. The molecule has 34 heavy (non-hydrogen) atoms. The second-order valence-corrected chi connectivity index (χ2v) is 10.6. The third-order valence-electron chi connectivity index (χ3n) is 6.31. The fraction of sp³-hybridized carbons (Fsp3) is 0.360. The summed E-state index contributed by atoms with van der Waals surface area (Å²) in [7, 11) is 1.70. The van der Waals surface area contributed by atoms with Gasteiger partial charge in [0, 0.05) is 30.7 Å². The van der Waals surface area contributed by atoms with Gasteiger partial charge in [-0.2, -0.15) is 5.26 Å². The molecule has 3 heterocycles. The van der Waals surface area contributed by atoms with E-state index in [1.165, 1.54) is 11.8 Å². The Morgan fingerprint density at radius 2 is 1.85 bits per heavy atom. The minimum absolute atomic E-state index is 0.0962. The van der Waals surface area contributed by atoms with E-state index in [1.54, 1.807) is 35.6 Å². The maximum absolute atomic E-state index is 13.4. The minimum atomic E-state index is -0.317. The summed E-state index contributed by atoms with van der Waals surface area (Å²) in [5.41, 5.74) is 1.90. The molecule has 4 rings (SSSR count). The second kappa shape index (κ2) is 10.3. The van der Waals surface area contributed by atoms with Gasteiger partial charge in [0.05, 0.1) is 11.4 Å². The summed E-state index contributed by atoms with van der Waals surface area (Å²) in [6.45, 7) is 3.72. The van der Waals surface area contributed by atoms with Gasteiger partial charge in [0.15, 0.2) is 0 Å². The highest BCUT2D eigenvalue weighted by Gasteiger charge is 2.33. The number of nitrogens with zero attached hydrogens (tertiary/aromatic N) is 4. The van der Waals surface area contributed by atoms with Crippen molar-refractivity contribution < 1.29 is 4.79 Å². The molecule has 0 unspecified atom stereocenters. The lowest BCUT2D eigenvalue weighted by Crippen LogP contribution is -2.34. The van der Waals surface area contributed by atoms with Crippen LogP contribution in [0.25, 0.3) is 6.08 Å². The number of aromatic nitrogens is 1. The van der Waals surface area contributed by atoms with Crippen LogP contribution in [0.5, 0.6) is 0 Å². The Labute approximate surface area is 213 Å². The van der Waals surface area contributed by atoms with E-state index in [-0.39, 0.29) is 23.6 Å². The zero-order chi connectivity index (χ0) is 24.4. The van der Waals surface area contributed by atoms with Crippen LogP contribution in [0.1, 0.15) is 47.9 Å². The number of thioether (sulfide) groups is 1. The number of pyridine rings is 1. The van der Waals surface area contributed by atoms with Crippen molar-refractivity contribution in [2.75, 3.05) is 18.0 Å². The maximum Gasteiger partial charge on any atom is 0.270 e. The van der Waals surface area contributed by atoms with Crippen molar-refractivity contribution in [2.45, 2.75) is 39.2 Å². The third-order valence-corrected chi connectivity index (χ3v) is 8.06. The number of amides is 1. The molecule has 1 amide bonds. The van der Waals surface area contributed by atoms with Gasteiger partial charge in [-0.3, -0.25) is 19.1 Å². The van der Waals surface area contributed by atoms with Gasteiger partial charge in [-0.1, -0.05) is 66.6 Å². The van der Waals surface area contributed by atoms with Crippen LogP contribution in [-0.2, 0) is 18.4 Å². The first kappa shape index (κ1) is 24.5. The fourth-order valence-electron chi connectivity index (χ4n) is 4.44. The van der Waals surface area contributed by atoms with Crippen molar-refractivity contribution in [3.8, 4) is 6.07 Å². The zero-order valence-corrected chi connectivity index (χ0v) is 21.5. The molecule has 1 aromatic carbocycles. The summed E-state index contributed by atoms with van der Waals surface area (Å²) in [5, 5.41) is 10.3. The van der Waals surface area contributed by atoms with Gasteiger partial charge in [0.1, 0.15) is 21.8 Å². The first-order valence-electron chi connectivity index (χ1n) is 11.2. The molecule has 1 aromatic heterocycles. The summed E-state index contributed by atoms with van der Waals surface area (Å²) in [6.07, 6.45) is 6.16. The largest absolute Gasteiger partial charge is 0.357 e. The zero-order valence-electron chi connectivity index (χ0n) is 19.1. The second-order valence-electron chi connectivity index (χ2n) is 8.47. The topological polar surface area (TPSA) is 69.3 Å². The van der Waals surface area contributed by atoms with E-state index in [4.69, 9.17) is 23.8 Å². The van der Waals surface area contributed by atoms with Crippen LogP contribution in [-0.4, -0.2) is 32.8 Å². The van der Waals surface area contributed by atoms with Crippen LogP contribution < -0.4 is 10.5 Å². The molecule has 9 heteroatoms. The number of hydrogen-bond donors (Lipinski definition) is 0. The lowest BCUT2D eigenvalue weighted by Gasteiger charge is -2.28. The van der Waals surface area contributed by atoms with Crippen molar-refractivity contribution >= 4 is 57.7 Å². The van der Waals surface area contributed by atoms with Gasteiger partial charge in [0.2, 0.25) is 0 Å². The quantitative estimate of drug-likeness (QED) is 0.424. The van der Waals surface area contributed by atoms with Gasteiger partial charge in [-0.05, 0) is 43.0 Å². The monoisotopic (exact) mass is 512 g/mol. The van der Waals surface area contributed by atoms with E-state index in [0.717, 1.165) is 55.7 Å². The molecule has 0 aliphatic carbocycles. The van der Waals surface area contributed by atoms with E-state index in [1.807, 2.05) is 18.2 Å². The molecular formula is C25H25ClN4O2S2. The molecule has 0 N–H and O–H groups in total. The van der Waals surface area contributed by atoms with Crippen molar-refractivity contribution in [2.24, 2.45) is 7.05 Å². The molecule has 0 radical (unpaired) electrons. The van der Waals surface area contributed by atoms with Crippen molar-refractivity contribution in [3.63, 3.8) is 0 Å². The predicted octanol–water partition coefficient (Wildman–Crippen LogP) is 5.00. The van der Waals surface area contributed by atoms with Crippen molar-refractivity contribution in [1.29, 1.82) is 5.26 Å². The van der Waals surface area contributed by atoms with Crippen molar-refractivity contribution in [3.05, 3.63) is 66.8 Å². The van der Waals surface area contributed by atoms with E-state index in [9.17, 15) is 14.9 Å². The number of hydrogen-bond acceptors (Lipinski definition) is 6. The van der Waals surface area contributed by atoms with Crippen LogP contribution in [0.2, 0.25) is 5.02 Å². The van der Waals surface area contributed by atoms with Gasteiger partial charge < -0.3 is 4.90 Å². The molecule has 0 spiro atoms. The predicted molar refractivity (Wildman–Crippen MR) is 142 cm³/mol.